The Morgan fingerprint density at radius 3 is 2.58 bits per heavy atom. The molecule has 1 saturated heterocycles. The van der Waals surface area contributed by atoms with Crippen LogP contribution < -0.4 is 16.0 Å². The van der Waals surface area contributed by atoms with E-state index in [0.717, 1.165) is 0 Å². The van der Waals surface area contributed by atoms with Crippen LogP contribution in [0.25, 0.3) is 0 Å². The van der Waals surface area contributed by atoms with Crippen molar-refractivity contribution in [2.75, 3.05) is 37.4 Å². The molecule has 2 aliphatic rings. The van der Waals surface area contributed by atoms with Crippen LogP contribution in [0, 0.1) is 5.92 Å². The molecule has 1 aliphatic carbocycles. The zero-order valence-electron chi connectivity index (χ0n) is 24.1. The van der Waals surface area contributed by atoms with Gasteiger partial charge in [-0.25, -0.2) is 4.79 Å². The van der Waals surface area contributed by atoms with Gasteiger partial charge in [0.2, 0.25) is 0 Å². The van der Waals surface area contributed by atoms with Crippen molar-refractivity contribution >= 4 is 34.9 Å². The van der Waals surface area contributed by atoms with Crippen LogP contribution in [0.1, 0.15) is 45.8 Å². The summed E-state index contributed by atoms with van der Waals surface area (Å²) >= 11 is 12.2. The van der Waals surface area contributed by atoms with Crippen LogP contribution >= 0.6 is 23.2 Å². The van der Waals surface area contributed by atoms with Crippen molar-refractivity contribution in [3.05, 3.63) is 28.2 Å². The summed E-state index contributed by atoms with van der Waals surface area (Å²) in [6.07, 6.45) is 1.49. The lowest BCUT2D eigenvalue weighted by Gasteiger charge is -2.37. The van der Waals surface area contributed by atoms with Gasteiger partial charge in [0.25, 0.3) is 0 Å². The first kappa shape index (κ1) is 10.4. The highest BCUT2D eigenvalue weighted by Gasteiger charge is 2.24. The highest BCUT2D eigenvalue weighted by atomic mass is 35.5. The molecule has 3 rings (SSSR count). The number of carbonyl (C=O) groups excluding carboxylic acids is 1. The van der Waals surface area contributed by atoms with Crippen LogP contribution in [0.5, 0.6) is 0 Å². The number of primary amides is 1. The number of halogens is 2. The molecule has 0 aromatic heterocycles. The highest BCUT2D eigenvalue weighted by molar-refractivity contribution is 6.43. The van der Waals surface area contributed by atoms with Gasteiger partial charge in [0.1, 0.15) is 0 Å². The lowest BCUT2D eigenvalue weighted by atomic mass is 9.84. The second-order valence-corrected chi connectivity index (χ2v) is 7.06. The van der Waals surface area contributed by atoms with Gasteiger partial charge >= 0.3 is 6.03 Å². The number of anilines is 1. The largest absolute Gasteiger partial charge is 0.368 e. The highest BCUT2D eigenvalue weighted by Crippen LogP contribution is 2.33. The van der Waals surface area contributed by atoms with E-state index in [1.165, 1.54) is 18.2 Å². The number of rotatable bonds is 5. The molecule has 26 heavy (non-hydrogen) atoms. The van der Waals surface area contributed by atoms with Crippen LogP contribution in [0.3, 0.4) is 0 Å². The number of nitrogens with zero attached hydrogens (tertiary/aromatic N) is 2. The standard InChI is InChI=1S/C19H28Cl2N4O/c20-16-2-1-3-17(18(16)21)25-12-10-24(11-13-25)9-8-14-4-6-15(7-5-14)23-19(22)26/h1-3,14-15H,4-13H2,(H3,22,23,26)/i9D2,10D2,11D2,12D2,13D2. The number of benzene rings is 1. The molecule has 144 valence electrons. The minimum Gasteiger partial charge on any atom is -0.368 e. The van der Waals surface area contributed by atoms with Crippen LogP contribution in [0.15, 0.2) is 18.2 Å². The molecule has 0 spiro atoms. The molecule has 0 bridgehead atoms. The van der Waals surface area contributed by atoms with E-state index in [1.54, 1.807) is 0 Å². The van der Waals surface area contributed by atoms with Crippen molar-refractivity contribution in [3.63, 3.8) is 0 Å². The molecule has 1 aromatic carbocycles. The molecule has 1 saturated carbocycles. The predicted octanol–water partition coefficient (Wildman–Crippen LogP) is 3.73. The van der Waals surface area contributed by atoms with E-state index >= 15 is 0 Å². The molecule has 0 atom stereocenters. The first-order chi connectivity index (χ1) is 16.3. The van der Waals surface area contributed by atoms with E-state index in [0.29, 0.717) is 25.7 Å². The Bertz CT molecular complexity index is 976. The summed E-state index contributed by atoms with van der Waals surface area (Å²) in [5.74, 6) is -0.338. The Kier molecular flexibility index (Phi) is 3.66. The summed E-state index contributed by atoms with van der Waals surface area (Å²) in [5.41, 5.74) is 4.78. The smallest absolute Gasteiger partial charge is 0.312 e. The third kappa shape index (κ3) is 5.18. The van der Waals surface area contributed by atoms with E-state index in [-0.39, 0.29) is 43.9 Å². The molecule has 7 heteroatoms. The van der Waals surface area contributed by atoms with E-state index < -0.39 is 38.5 Å². The molecule has 1 heterocycles. The van der Waals surface area contributed by atoms with Gasteiger partial charge < -0.3 is 16.0 Å². The zero-order chi connectivity index (χ0) is 27.5. The number of nitrogens with one attached hydrogen (secondary N) is 1. The molecule has 0 radical (unpaired) electrons. The number of carbonyl (C=O) groups is 1. The maximum atomic E-state index is 11.1. The van der Waals surface area contributed by atoms with Crippen LogP contribution in [0.2, 0.25) is 10.0 Å². The maximum absolute atomic E-state index is 11.1. The third-order valence-electron chi connectivity index (χ3n) is 4.45. The molecular formula is C19H28Cl2N4O. The summed E-state index contributed by atoms with van der Waals surface area (Å²) < 4.78 is 86.1. The average Bonchev–Trinajstić information content (AvgIpc) is 2.70. The average molecular weight is 409 g/mol. The number of urea groups is 1. The van der Waals surface area contributed by atoms with Crippen LogP contribution in [-0.2, 0) is 0 Å². The Morgan fingerprint density at radius 1 is 1.23 bits per heavy atom. The van der Waals surface area contributed by atoms with E-state index in [1.807, 2.05) is 0 Å². The van der Waals surface area contributed by atoms with E-state index in [4.69, 9.17) is 42.6 Å². The number of amides is 2. The fourth-order valence-electron chi connectivity index (χ4n) is 3.05. The molecular weight excluding hydrogens is 371 g/mol. The first-order valence-corrected chi connectivity index (χ1v) is 9.15. The summed E-state index contributed by atoms with van der Waals surface area (Å²) in [6.45, 7) is -16.1. The molecule has 5 nitrogen and oxygen atoms in total. The Balaban J connectivity index is 2.00. The van der Waals surface area contributed by atoms with Crippen molar-refractivity contribution < 1.29 is 18.5 Å². The summed E-state index contributed by atoms with van der Waals surface area (Å²) in [4.78, 5) is 11.4. The second-order valence-electron chi connectivity index (χ2n) is 6.28. The number of hydrogen-bond acceptors (Lipinski definition) is 3. The fraction of sp³-hybridized carbons (Fsp3) is 0.632. The van der Waals surface area contributed by atoms with Crippen LogP contribution in [-0.4, -0.2) is 49.5 Å². The van der Waals surface area contributed by atoms with Gasteiger partial charge in [-0.2, -0.15) is 0 Å². The summed E-state index contributed by atoms with van der Waals surface area (Å²) in [5, 5.41) is 2.23. The molecule has 1 aromatic rings. The summed E-state index contributed by atoms with van der Waals surface area (Å²) in [7, 11) is 0. The number of nitrogens with two attached hydrogens (primary N) is 1. The first-order valence-electron chi connectivity index (χ1n) is 13.4. The monoisotopic (exact) mass is 408 g/mol. The second kappa shape index (κ2) is 9.16. The minimum absolute atomic E-state index is 0.0374. The van der Waals surface area contributed by atoms with Crippen molar-refractivity contribution in [2.24, 2.45) is 11.7 Å². The van der Waals surface area contributed by atoms with Gasteiger partial charge in [-0.1, -0.05) is 29.3 Å². The van der Waals surface area contributed by atoms with Gasteiger partial charge in [0.05, 0.1) is 21.2 Å². The van der Waals surface area contributed by atoms with Crippen molar-refractivity contribution in [2.45, 2.75) is 38.1 Å². The Labute approximate surface area is 179 Å². The molecule has 0 unspecified atom stereocenters. The Morgan fingerprint density at radius 2 is 1.92 bits per heavy atom. The Hall–Kier alpha value is -1.17. The SMILES string of the molecule is [2H]C([2H])(CC1CCC(NC(N)=O)CC1)N1C([2H])([2H])C([2H])([2H])N(c2cccc(Cl)c2Cl)C([2H])([2H])C1([2H])[2H]. The molecule has 1 aliphatic heterocycles. The van der Waals surface area contributed by atoms with Crippen molar-refractivity contribution in [1.82, 2.24) is 10.2 Å². The van der Waals surface area contributed by atoms with E-state index in [2.05, 4.69) is 5.32 Å². The van der Waals surface area contributed by atoms with Gasteiger partial charge in [-0.3, -0.25) is 4.90 Å². The lowest BCUT2D eigenvalue weighted by molar-refractivity contribution is 0.207. The lowest BCUT2D eigenvalue weighted by Crippen LogP contribution is -2.47. The van der Waals surface area contributed by atoms with Crippen LogP contribution in [0.4, 0.5) is 10.5 Å². The van der Waals surface area contributed by atoms with Gasteiger partial charge in [0.15, 0.2) is 0 Å². The van der Waals surface area contributed by atoms with Gasteiger partial charge in [-0.05, 0) is 56.7 Å². The fourth-order valence-corrected chi connectivity index (χ4v) is 3.43. The third-order valence-corrected chi connectivity index (χ3v) is 5.26. The van der Waals surface area contributed by atoms with Gasteiger partial charge in [0, 0.05) is 40.3 Å². The zero-order valence-corrected chi connectivity index (χ0v) is 15.6. The normalized spacial score (nSPS) is 38.5. The predicted molar refractivity (Wildman–Crippen MR) is 108 cm³/mol. The minimum atomic E-state index is -3.36. The quantitative estimate of drug-likeness (QED) is 0.779. The number of piperazine rings is 1. The van der Waals surface area contributed by atoms with Gasteiger partial charge in [-0.15, -0.1) is 0 Å². The molecule has 3 N–H and O–H groups in total. The molecule has 2 amide bonds. The van der Waals surface area contributed by atoms with Crippen molar-refractivity contribution in [1.29, 1.82) is 0 Å². The number of hydrogen-bond donors (Lipinski definition) is 2. The van der Waals surface area contributed by atoms with E-state index in [9.17, 15) is 4.79 Å². The topological polar surface area (TPSA) is 61.6 Å². The maximum Gasteiger partial charge on any atom is 0.312 e. The summed E-state index contributed by atoms with van der Waals surface area (Å²) in [6, 6.07) is 3.05. The van der Waals surface area contributed by atoms with Crippen molar-refractivity contribution in [3.8, 4) is 0 Å². The molecule has 2 fully saturated rings.